The molecule has 0 saturated carbocycles. The molecule has 8 heteroatoms. The summed E-state index contributed by atoms with van der Waals surface area (Å²) < 4.78 is 13.5. The van der Waals surface area contributed by atoms with Gasteiger partial charge in [0.05, 0.1) is 15.5 Å². The lowest BCUT2D eigenvalue weighted by Crippen LogP contribution is -2.12. The van der Waals surface area contributed by atoms with Crippen LogP contribution in [0.1, 0.15) is 11.7 Å². The van der Waals surface area contributed by atoms with Crippen LogP contribution in [0.2, 0.25) is 0 Å². The normalized spacial score (nSPS) is 12.2. The first-order valence-corrected chi connectivity index (χ1v) is 7.30. The van der Waals surface area contributed by atoms with Gasteiger partial charge < -0.3 is 10.4 Å². The molecule has 2 rings (SSSR count). The molecule has 20 heavy (non-hydrogen) atoms. The number of halogens is 2. The molecule has 1 unspecified atom stereocenters. The van der Waals surface area contributed by atoms with Crippen LogP contribution in [0.4, 0.5) is 15.8 Å². The molecular formula is C12H10BrFN2O3S. The van der Waals surface area contributed by atoms with Gasteiger partial charge in [0.25, 0.3) is 5.69 Å². The number of hydrogen-bond acceptors (Lipinski definition) is 5. The summed E-state index contributed by atoms with van der Waals surface area (Å²) in [6, 6.07) is 3.88. The molecule has 0 aliphatic heterocycles. The number of nitro benzene ring substituents is 1. The van der Waals surface area contributed by atoms with E-state index in [1.54, 1.807) is 11.4 Å². The van der Waals surface area contributed by atoms with Crippen molar-refractivity contribution in [1.82, 2.24) is 0 Å². The van der Waals surface area contributed by atoms with Crippen LogP contribution in [0, 0.1) is 15.9 Å². The minimum Gasteiger partial charge on any atom is -0.387 e. The van der Waals surface area contributed by atoms with Crippen LogP contribution in [-0.2, 0) is 0 Å². The van der Waals surface area contributed by atoms with Gasteiger partial charge in [0.15, 0.2) is 0 Å². The van der Waals surface area contributed by atoms with Gasteiger partial charge in [-0.25, -0.2) is 4.39 Å². The monoisotopic (exact) mass is 360 g/mol. The Morgan fingerprint density at radius 3 is 2.90 bits per heavy atom. The van der Waals surface area contributed by atoms with E-state index in [0.29, 0.717) is 5.56 Å². The maximum atomic E-state index is 13.5. The number of nitrogens with zero attached hydrogens (tertiary/aromatic N) is 1. The Kier molecular flexibility index (Phi) is 4.69. The lowest BCUT2D eigenvalue weighted by Gasteiger charge is -2.12. The number of thiophene rings is 1. The van der Waals surface area contributed by atoms with Gasteiger partial charge in [-0.05, 0) is 38.3 Å². The van der Waals surface area contributed by atoms with Crippen molar-refractivity contribution in [2.24, 2.45) is 0 Å². The first-order chi connectivity index (χ1) is 9.49. The Labute approximate surface area is 126 Å². The fourth-order valence-corrected chi connectivity index (χ4v) is 2.66. The zero-order chi connectivity index (χ0) is 14.7. The standard InChI is InChI=1S/C12H10BrFN2O3S/c13-8-3-11(16(18)19)10(4-9(8)14)15-5-12(17)7-1-2-20-6-7/h1-4,6,12,15,17H,5H2. The van der Waals surface area contributed by atoms with Crippen LogP contribution in [0.15, 0.2) is 33.4 Å². The van der Waals surface area contributed by atoms with Crippen molar-refractivity contribution >= 4 is 38.6 Å². The molecule has 0 amide bonds. The molecule has 0 spiro atoms. The Bertz CT molecular complexity index is 621. The van der Waals surface area contributed by atoms with Crippen LogP contribution in [0.3, 0.4) is 0 Å². The molecular weight excluding hydrogens is 351 g/mol. The van der Waals surface area contributed by atoms with Gasteiger partial charge in [-0.3, -0.25) is 10.1 Å². The highest BCUT2D eigenvalue weighted by Gasteiger charge is 2.18. The number of nitrogens with one attached hydrogen (secondary N) is 1. The average molecular weight is 361 g/mol. The molecule has 0 saturated heterocycles. The van der Waals surface area contributed by atoms with Crippen molar-refractivity contribution < 1.29 is 14.4 Å². The minimum absolute atomic E-state index is 0.0214. The summed E-state index contributed by atoms with van der Waals surface area (Å²) in [5, 5.41) is 27.1. The summed E-state index contributed by atoms with van der Waals surface area (Å²) in [5.74, 6) is -0.608. The lowest BCUT2D eigenvalue weighted by molar-refractivity contribution is -0.384. The summed E-state index contributed by atoms with van der Waals surface area (Å²) in [4.78, 5) is 10.3. The summed E-state index contributed by atoms with van der Waals surface area (Å²) in [5.41, 5.74) is 0.489. The van der Waals surface area contributed by atoms with E-state index in [2.05, 4.69) is 21.2 Å². The number of benzene rings is 1. The maximum absolute atomic E-state index is 13.5. The molecule has 0 radical (unpaired) electrons. The zero-order valence-electron chi connectivity index (χ0n) is 10.0. The van der Waals surface area contributed by atoms with Gasteiger partial charge in [-0.2, -0.15) is 11.3 Å². The zero-order valence-corrected chi connectivity index (χ0v) is 12.4. The highest BCUT2D eigenvalue weighted by atomic mass is 79.9. The molecule has 106 valence electrons. The third kappa shape index (κ3) is 3.33. The third-order valence-electron chi connectivity index (χ3n) is 2.65. The smallest absolute Gasteiger partial charge is 0.293 e. The number of aliphatic hydroxyl groups is 1. The number of rotatable bonds is 5. The number of nitro groups is 1. The summed E-state index contributed by atoms with van der Waals surface area (Å²) in [7, 11) is 0. The molecule has 2 N–H and O–H groups in total. The summed E-state index contributed by atoms with van der Waals surface area (Å²) in [6.07, 6.45) is -0.812. The number of aliphatic hydroxyl groups excluding tert-OH is 1. The van der Waals surface area contributed by atoms with Crippen molar-refractivity contribution in [1.29, 1.82) is 0 Å². The molecule has 1 atom stereocenters. The second-order valence-corrected chi connectivity index (χ2v) is 5.63. The van der Waals surface area contributed by atoms with E-state index in [9.17, 15) is 19.6 Å². The molecule has 0 fully saturated rings. The number of anilines is 1. The Balaban J connectivity index is 2.16. The van der Waals surface area contributed by atoms with Crippen molar-refractivity contribution in [2.45, 2.75) is 6.10 Å². The van der Waals surface area contributed by atoms with Gasteiger partial charge in [0, 0.05) is 18.7 Å². The SMILES string of the molecule is O=[N+]([O-])c1cc(Br)c(F)cc1NCC(O)c1ccsc1. The van der Waals surface area contributed by atoms with Gasteiger partial charge in [0.1, 0.15) is 11.5 Å². The van der Waals surface area contributed by atoms with E-state index in [4.69, 9.17) is 0 Å². The van der Waals surface area contributed by atoms with Crippen molar-refractivity contribution in [2.75, 3.05) is 11.9 Å². The molecule has 0 bridgehead atoms. The largest absolute Gasteiger partial charge is 0.387 e. The molecule has 5 nitrogen and oxygen atoms in total. The number of hydrogen-bond donors (Lipinski definition) is 2. The molecule has 0 aliphatic carbocycles. The summed E-state index contributed by atoms with van der Waals surface area (Å²) >= 11 is 4.34. The van der Waals surface area contributed by atoms with Gasteiger partial charge in [-0.1, -0.05) is 0 Å². The maximum Gasteiger partial charge on any atom is 0.293 e. The van der Waals surface area contributed by atoms with E-state index in [-0.39, 0.29) is 22.4 Å². The molecule has 2 aromatic rings. The topological polar surface area (TPSA) is 75.4 Å². The van der Waals surface area contributed by atoms with Gasteiger partial charge >= 0.3 is 0 Å². The van der Waals surface area contributed by atoms with Crippen LogP contribution < -0.4 is 5.32 Å². The van der Waals surface area contributed by atoms with Gasteiger partial charge in [-0.15, -0.1) is 0 Å². The molecule has 1 heterocycles. The highest BCUT2D eigenvalue weighted by Crippen LogP contribution is 2.31. The van der Waals surface area contributed by atoms with E-state index in [1.165, 1.54) is 11.3 Å². The van der Waals surface area contributed by atoms with Crippen molar-refractivity contribution in [3.05, 3.63) is 54.9 Å². The van der Waals surface area contributed by atoms with Crippen LogP contribution in [-0.4, -0.2) is 16.6 Å². The van der Waals surface area contributed by atoms with E-state index in [0.717, 1.165) is 12.1 Å². The third-order valence-corrected chi connectivity index (χ3v) is 3.96. The van der Waals surface area contributed by atoms with E-state index >= 15 is 0 Å². The van der Waals surface area contributed by atoms with E-state index < -0.39 is 16.8 Å². The molecule has 1 aromatic carbocycles. The van der Waals surface area contributed by atoms with Crippen LogP contribution >= 0.6 is 27.3 Å². The predicted octanol–water partition coefficient (Wildman–Crippen LogP) is 3.70. The average Bonchev–Trinajstić information content (AvgIpc) is 2.93. The minimum atomic E-state index is -0.812. The quantitative estimate of drug-likeness (QED) is 0.629. The van der Waals surface area contributed by atoms with Crippen molar-refractivity contribution in [3.8, 4) is 0 Å². The Morgan fingerprint density at radius 2 is 2.30 bits per heavy atom. The predicted molar refractivity (Wildman–Crippen MR) is 78.5 cm³/mol. The van der Waals surface area contributed by atoms with Crippen LogP contribution in [0.5, 0.6) is 0 Å². The lowest BCUT2D eigenvalue weighted by atomic mass is 10.2. The first kappa shape index (κ1) is 14.9. The molecule has 0 aliphatic rings. The second-order valence-electron chi connectivity index (χ2n) is 3.99. The van der Waals surface area contributed by atoms with Crippen LogP contribution in [0.25, 0.3) is 0 Å². The van der Waals surface area contributed by atoms with Crippen molar-refractivity contribution in [3.63, 3.8) is 0 Å². The fourth-order valence-electron chi connectivity index (χ4n) is 1.62. The fraction of sp³-hybridized carbons (Fsp3) is 0.167. The molecule has 1 aromatic heterocycles. The van der Waals surface area contributed by atoms with E-state index in [1.807, 2.05) is 5.38 Å². The Morgan fingerprint density at radius 1 is 1.55 bits per heavy atom. The Hall–Kier alpha value is -1.51. The highest BCUT2D eigenvalue weighted by molar-refractivity contribution is 9.10. The second kappa shape index (κ2) is 6.29. The summed E-state index contributed by atoms with van der Waals surface area (Å²) in [6.45, 7) is 0.0542. The first-order valence-electron chi connectivity index (χ1n) is 5.56. The van der Waals surface area contributed by atoms with Gasteiger partial charge in [0.2, 0.25) is 0 Å².